The molecule has 3 unspecified atom stereocenters. The molecule has 0 spiro atoms. The van der Waals surface area contributed by atoms with Crippen LogP contribution in [0, 0.1) is 11.8 Å². The number of amides is 1. The summed E-state index contributed by atoms with van der Waals surface area (Å²) in [6.45, 7) is 3.50. The number of carbonyl (C=O) groups excluding carboxylic acids is 1. The van der Waals surface area contributed by atoms with Gasteiger partial charge in [-0.15, -0.1) is 0 Å². The number of primary amides is 1. The average molecular weight is 524 g/mol. The molecule has 1 saturated carbocycles. The summed E-state index contributed by atoms with van der Waals surface area (Å²) in [5, 5.41) is 2.70. The lowest BCUT2D eigenvalue weighted by atomic mass is 9.74. The highest BCUT2D eigenvalue weighted by molar-refractivity contribution is 6.29. The molecule has 2 heterocycles. The van der Waals surface area contributed by atoms with Crippen molar-refractivity contribution in [3.63, 3.8) is 0 Å². The Morgan fingerprint density at radius 3 is 2.73 bits per heavy atom. The molecule has 4 rings (SSSR count). The number of ether oxygens (including phenoxy) is 1. The number of nitrogens with zero attached hydrogens (tertiary/aromatic N) is 3. The second-order valence-electron chi connectivity index (χ2n) is 11.0. The number of rotatable bonds is 11. The fourth-order valence-electron chi connectivity index (χ4n) is 5.79. The zero-order chi connectivity index (χ0) is 26.4. The lowest BCUT2D eigenvalue weighted by molar-refractivity contribution is -0.919. The first-order valence-corrected chi connectivity index (χ1v) is 13.9. The van der Waals surface area contributed by atoms with Crippen LogP contribution in [0.15, 0.2) is 48.7 Å². The molecule has 0 bridgehead atoms. The molecule has 0 radical (unpaired) electrons. The van der Waals surface area contributed by atoms with E-state index >= 15 is 0 Å². The highest BCUT2D eigenvalue weighted by Gasteiger charge is 2.43. The number of quaternary nitrogens is 1. The molecule has 6 nitrogen and oxygen atoms in total. The van der Waals surface area contributed by atoms with E-state index in [9.17, 15) is 4.79 Å². The minimum absolute atomic E-state index is 0.162. The Kier molecular flexibility index (Phi) is 9.04. The average Bonchev–Trinajstić information content (AvgIpc) is 2.88. The largest absolute Gasteiger partial charge is 0.471 e. The summed E-state index contributed by atoms with van der Waals surface area (Å²) in [4.78, 5) is 21.6. The lowest BCUT2D eigenvalue weighted by Gasteiger charge is -2.45. The fraction of sp³-hybridized carbons (Fsp3) is 0.500. The number of aromatic nitrogens is 2. The molecule has 1 aliphatic carbocycles. The van der Waals surface area contributed by atoms with Crippen molar-refractivity contribution in [3.05, 3.63) is 65.1 Å². The molecule has 0 aliphatic heterocycles. The van der Waals surface area contributed by atoms with Gasteiger partial charge in [0.2, 0.25) is 11.8 Å². The highest BCUT2D eigenvalue weighted by Crippen LogP contribution is 2.36. The van der Waals surface area contributed by atoms with Gasteiger partial charge < -0.3 is 15.0 Å². The van der Waals surface area contributed by atoms with E-state index < -0.39 is 0 Å². The molecule has 2 N–H and O–H groups in total. The van der Waals surface area contributed by atoms with Gasteiger partial charge >= 0.3 is 0 Å². The van der Waals surface area contributed by atoms with Crippen molar-refractivity contribution < 1.29 is 14.0 Å². The van der Waals surface area contributed by atoms with Gasteiger partial charge in [0.25, 0.3) is 0 Å². The Hall–Kier alpha value is -2.70. The molecule has 1 aliphatic rings. The highest BCUT2D eigenvalue weighted by atomic mass is 35.5. The standard InChI is InChI=1S/C30H39ClN4O2/c1-4-5-9-24-19-23-8-6-7-10-25(23)30(34-24)37-16-15-35(2,3)27-13-11-21(18-26(27)29(32)36)17-22-12-14-28(31)33-20-22/h6-8,10,12,14,19-21,26-27H,4-5,9,11,13,15-18H2,1-3H3,(H-,32,36)/p+1. The molecule has 1 fully saturated rings. The molecule has 0 saturated heterocycles. The maximum atomic E-state index is 12.6. The third-order valence-electron chi connectivity index (χ3n) is 7.95. The molecule has 7 heteroatoms. The smallest absolute Gasteiger partial charge is 0.226 e. The van der Waals surface area contributed by atoms with E-state index in [0.29, 0.717) is 28.0 Å². The first-order valence-electron chi connectivity index (χ1n) is 13.5. The number of benzene rings is 1. The van der Waals surface area contributed by atoms with Crippen LogP contribution in [0.1, 0.15) is 50.3 Å². The van der Waals surface area contributed by atoms with E-state index in [2.05, 4.69) is 50.3 Å². The summed E-state index contributed by atoms with van der Waals surface area (Å²) >= 11 is 5.94. The van der Waals surface area contributed by atoms with Gasteiger partial charge in [-0.1, -0.05) is 49.2 Å². The van der Waals surface area contributed by atoms with E-state index in [1.807, 2.05) is 24.4 Å². The van der Waals surface area contributed by atoms with Gasteiger partial charge in [-0.2, -0.15) is 0 Å². The molecule has 37 heavy (non-hydrogen) atoms. The number of hydrogen-bond acceptors (Lipinski definition) is 4. The minimum Gasteiger partial charge on any atom is -0.471 e. The molecule has 3 atom stereocenters. The van der Waals surface area contributed by atoms with Gasteiger partial charge in [0.05, 0.1) is 20.0 Å². The van der Waals surface area contributed by atoms with E-state index in [1.165, 1.54) is 0 Å². The molecule has 1 aromatic carbocycles. The van der Waals surface area contributed by atoms with Crippen molar-refractivity contribution in [1.29, 1.82) is 0 Å². The quantitative estimate of drug-likeness (QED) is 0.262. The van der Waals surface area contributed by atoms with Crippen molar-refractivity contribution in [3.8, 4) is 5.88 Å². The molecular formula is C30H40ClN4O2+. The number of aryl methyl sites for hydroxylation is 1. The summed E-state index contributed by atoms with van der Waals surface area (Å²) < 4.78 is 7.00. The van der Waals surface area contributed by atoms with E-state index in [0.717, 1.165) is 73.5 Å². The molecule has 1 amide bonds. The zero-order valence-corrected chi connectivity index (χ0v) is 23.1. The van der Waals surface area contributed by atoms with Crippen LogP contribution in [0.5, 0.6) is 5.88 Å². The van der Waals surface area contributed by atoms with Gasteiger partial charge in [-0.3, -0.25) is 4.79 Å². The Balaban J connectivity index is 1.41. The second kappa shape index (κ2) is 12.2. The van der Waals surface area contributed by atoms with Gasteiger partial charge in [0, 0.05) is 23.7 Å². The van der Waals surface area contributed by atoms with E-state index in [1.54, 1.807) is 0 Å². The van der Waals surface area contributed by atoms with Crippen molar-refractivity contribution in [2.75, 3.05) is 27.2 Å². The monoisotopic (exact) mass is 523 g/mol. The first-order chi connectivity index (χ1) is 17.8. The fourth-order valence-corrected chi connectivity index (χ4v) is 5.90. The normalized spacial score (nSPS) is 20.2. The number of fused-ring (bicyclic) bond motifs is 1. The molecule has 3 aromatic rings. The molecule has 2 aromatic heterocycles. The summed E-state index contributed by atoms with van der Waals surface area (Å²) in [5.41, 5.74) is 8.18. The zero-order valence-electron chi connectivity index (χ0n) is 22.3. The summed E-state index contributed by atoms with van der Waals surface area (Å²) in [5.74, 6) is 0.753. The number of nitrogens with two attached hydrogens (primary N) is 1. The van der Waals surface area contributed by atoms with Crippen LogP contribution in [-0.2, 0) is 17.6 Å². The maximum Gasteiger partial charge on any atom is 0.226 e. The Bertz CT molecular complexity index is 1200. The molecular weight excluding hydrogens is 484 g/mol. The first kappa shape index (κ1) is 27.3. The van der Waals surface area contributed by atoms with Crippen LogP contribution < -0.4 is 10.5 Å². The summed E-state index contributed by atoms with van der Waals surface area (Å²) in [7, 11) is 4.38. The summed E-state index contributed by atoms with van der Waals surface area (Å²) in [6.07, 6.45) is 8.75. The van der Waals surface area contributed by atoms with Crippen molar-refractivity contribution in [2.45, 2.75) is 57.9 Å². The summed E-state index contributed by atoms with van der Waals surface area (Å²) in [6, 6.07) is 14.5. The number of unbranched alkanes of at least 4 members (excludes halogenated alkanes) is 1. The van der Waals surface area contributed by atoms with Crippen LogP contribution in [0.3, 0.4) is 0 Å². The van der Waals surface area contributed by atoms with Crippen LogP contribution >= 0.6 is 11.6 Å². The third kappa shape index (κ3) is 6.99. The second-order valence-corrected chi connectivity index (χ2v) is 11.4. The third-order valence-corrected chi connectivity index (χ3v) is 8.17. The Morgan fingerprint density at radius 1 is 1.19 bits per heavy atom. The predicted molar refractivity (Wildman–Crippen MR) is 150 cm³/mol. The number of hydrogen-bond donors (Lipinski definition) is 1. The maximum absolute atomic E-state index is 12.6. The van der Waals surface area contributed by atoms with E-state index in [4.69, 9.17) is 27.1 Å². The van der Waals surface area contributed by atoms with Crippen LogP contribution in [0.2, 0.25) is 5.15 Å². The van der Waals surface area contributed by atoms with Crippen LogP contribution in [0.4, 0.5) is 0 Å². The van der Waals surface area contributed by atoms with Crippen molar-refractivity contribution in [2.24, 2.45) is 17.6 Å². The van der Waals surface area contributed by atoms with E-state index in [-0.39, 0.29) is 17.9 Å². The number of pyridine rings is 2. The van der Waals surface area contributed by atoms with Gasteiger partial charge in [0.1, 0.15) is 24.3 Å². The van der Waals surface area contributed by atoms with Crippen molar-refractivity contribution >= 4 is 28.3 Å². The number of halogens is 1. The van der Waals surface area contributed by atoms with Crippen LogP contribution in [-0.4, -0.2) is 53.6 Å². The predicted octanol–water partition coefficient (Wildman–Crippen LogP) is 5.59. The van der Waals surface area contributed by atoms with Gasteiger partial charge in [-0.05, 0) is 67.2 Å². The topological polar surface area (TPSA) is 78.1 Å². The Morgan fingerprint density at radius 2 is 2.00 bits per heavy atom. The Labute approximate surface area is 225 Å². The number of carbonyl (C=O) groups is 1. The van der Waals surface area contributed by atoms with Crippen LogP contribution in [0.25, 0.3) is 10.8 Å². The lowest BCUT2D eigenvalue weighted by Crippen LogP contribution is -2.58. The van der Waals surface area contributed by atoms with Crippen molar-refractivity contribution in [1.82, 2.24) is 9.97 Å². The minimum atomic E-state index is -0.202. The number of likely N-dealkylation sites (N-methyl/N-ethyl adjacent to an activating group) is 1. The van der Waals surface area contributed by atoms with Gasteiger partial charge in [-0.25, -0.2) is 9.97 Å². The molecule has 198 valence electrons. The SMILES string of the molecule is CCCCc1cc2ccccc2c(OCC[N+](C)(C)C2CCC(Cc3ccc(Cl)nc3)CC2C(N)=O)n1. The van der Waals surface area contributed by atoms with Gasteiger partial charge in [0.15, 0.2) is 0 Å².